The number of nitrogens with zero attached hydrogens (tertiary/aromatic N) is 3. The Balaban J connectivity index is 2.23. The van der Waals surface area contributed by atoms with E-state index in [2.05, 4.69) is 25.9 Å². The van der Waals surface area contributed by atoms with Crippen molar-refractivity contribution >= 4 is 27.8 Å². The second-order valence-electron chi connectivity index (χ2n) is 3.81. The zero-order valence-corrected chi connectivity index (χ0v) is 10.4. The molecule has 2 heterocycles. The first-order valence-corrected chi connectivity index (χ1v) is 6.01. The third-order valence-electron chi connectivity index (χ3n) is 2.69. The standard InChI is InChI=1S/C10H13BrN4O/c11-7-5-13-10(14-6-7)15-4-2-1-3-8(15)9(12)16/h5-6,8H,1-4H2,(H2,12,16). The van der Waals surface area contributed by atoms with Gasteiger partial charge >= 0.3 is 0 Å². The van der Waals surface area contributed by atoms with Crippen LogP contribution in [0.1, 0.15) is 19.3 Å². The zero-order valence-electron chi connectivity index (χ0n) is 8.77. The van der Waals surface area contributed by atoms with Gasteiger partial charge in [0.25, 0.3) is 0 Å². The molecule has 1 atom stereocenters. The van der Waals surface area contributed by atoms with E-state index in [0.717, 1.165) is 30.3 Å². The number of carbonyl (C=O) groups excluding carboxylic acids is 1. The number of nitrogens with two attached hydrogens (primary N) is 1. The SMILES string of the molecule is NC(=O)C1CCCCN1c1ncc(Br)cn1. The minimum atomic E-state index is -0.300. The number of piperidine rings is 1. The maximum Gasteiger partial charge on any atom is 0.240 e. The topological polar surface area (TPSA) is 72.1 Å². The molecule has 0 aromatic carbocycles. The van der Waals surface area contributed by atoms with Crippen molar-refractivity contribution in [3.8, 4) is 0 Å². The zero-order chi connectivity index (χ0) is 11.5. The molecule has 2 N–H and O–H groups in total. The molecule has 1 aliphatic rings. The highest BCUT2D eigenvalue weighted by Crippen LogP contribution is 2.21. The van der Waals surface area contributed by atoms with Gasteiger partial charge < -0.3 is 10.6 Å². The lowest BCUT2D eigenvalue weighted by atomic mass is 10.0. The number of anilines is 1. The Morgan fingerprint density at radius 1 is 1.44 bits per heavy atom. The van der Waals surface area contributed by atoms with Crippen LogP contribution in [-0.2, 0) is 4.79 Å². The summed E-state index contributed by atoms with van der Waals surface area (Å²) in [6.45, 7) is 0.787. The van der Waals surface area contributed by atoms with Gasteiger partial charge in [0, 0.05) is 18.9 Å². The Labute approximate surface area is 102 Å². The number of hydrogen-bond donors (Lipinski definition) is 1. The van der Waals surface area contributed by atoms with Crippen molar-refractivity contribution in [2.24, 2.45) is 5.73 Å². The Bertz CT molecular complexity index is 381. The summed E-state index contributed by atoms with van der Waals surface area (Å²) in [6.07, 6.45) is 6.21. The molecule has 86 valence electrons. The van der Waals surface area contributed by atoms with Crippen molar-refractivity contribution in [1.82, 2.24) is 9.97 Å². The average Bonchev–Trinajstić information content (AvgIpc) is 2.30. The van der Waals surface area contributed by atoms with Crippen LogP contribution in [0.5, 0.6) is 0 Å². The van der Waals surface area contributed by atoms with Crippen LogP contribution in [0.3, 0.4) is 0 Å². The summed E-state index contributed by atoms with van der Waals surface area (Å²) in [5, 5.41) is 0. The third-order valence-corrected chi connectivity index (χ3v) is 3.10. The number of rotatable bonds is 2. The third kappa shape index (κ3) is 2.32. The van der Waals surface area contributed by atoms with E-state index in [1.165, 1.54) is 0 Å². The van der Waals surface area contributed by atoms with Gasteiger partial charge in [0.2, 0.25) is 11.9 Å². The summed E-state index contributed by atoms with van der Waals surface area (Å²) in [5.74, 6) is 0.276. The van der Waals surface area contributed by atoms with E-state index in [9.17, 15) is 4.79 Å². The van der Waals surface area contributed by atoms with E-state index in [0.29, 0.717) is 5.95 Å². The lowest BCUT2D eigenvalue weighted by Gasteiger charge is -2.33. The van der Waals surface area contributed by atoms with Crippen molar-refractivity contribution in [2.45, 2.75) is 25.3 Å². The van der Waals surface area contributed by atoms with Gasteiger partial charge in [0.15, 0.2) is 0 Å². The second-order valence-corrected chi connectivity index (χ2v) is 4.72. The molecule has 0 aliphatic carbocycles. The fourth-order valence-corrected chi connectivity index (χ4v) is 2.13. The van der Waals surface area contributed by atoms with Crippen LogP contribution in [0.2, 0.25) is 0 Å². The molecular weight excluding hydrogens is 272 g/mol. The quantitative estimate of drug-likeness (QED) is 0.882. The monoisotopic (exact) mass is 284 g/mol. The normalized spacial score (nSPS) is 20.8. The molecule has 1 unspecified atom stereocenters. The number of aromatic nitrogens is 2. The Morgan fingerprint density at radius 3 is 2.75 bits per heavy atom. The number of primary amides is 1. The van der Waals surface area contributed by atoms with Gasteiger partial charge in [-0.05, 0) is 35.2 Å². The van der Waals surface area contributed by atoms with Crippen molar-refractivity contribution in [1.29, 1.82) is 0 Å². The molecule has 1 amide bonds. The van der Waals surface area contributed by atoms with E-state index in [4.69, 9.17) is 5.73 Å². The fraction of sp³-hybridized carbons (Fsp3) is 0.500. The van der Waals surface area contributed by atoms with Crippen molar-refractivity contribution in [2.75, 3.05) is 11.4 Å². The van der Waals surface area contributed by atoms with E-state index < -0.39 is 0 Å². The first-order valence-electron chi connectivity index (χ1n) is 5.22. The van der Waals surface area contributed by atoms with Crippen LogP contribution in [0.25, 0.3) is 0 Å². The smallest absolute Gasteiger partial charge is 0.240 e. The predicted octanol–water partition coefficient (Wildman–Crippen LogP) is 1.08. The molecule has 0 saturated carbocycles. The van der Waals surface area contributed by atoms with E-state index >= 15 is 0 Å². The Hall–Kier alpha value is -1.17. The molecule has 6 heteroatoms. The summed E-state index contributed by atoms with van der Waals surface area (Å²) < 4.78 is 0.823. The second kappa shape index (κ2) is 4.78. The molecule has 0 bridgehead atoms. The first kappa shape index (κ1) is 11.3. The maximum atomic E-state index is 11.3. The van der Waals surface area contributed by atoms with Crippen LogP contribution in [0.4, 0.5) is 5.95 Å². The largest absolute Gasteiger partial charge is 0.368 e. The number of halogens is 1. The van der Waals surface area contributed by atoms with Crippen molar-refractivity contribution in [3.05, 3.63) is 16.9 Å². The highest BCUT2D eigenvalue weighted by atomic mass is 79.9. The minimum Gasteiger partial charge on any atom is -0.368 e. The number of hydrogen-bond acceptors (Lipinski definition) is 4. The molecule has 0 radical (unpaired) electrons. The lowest BCUT2D eigenvalue weighted by molar-refractivity contribution is -0.119. The van der Waals surface area contributed by atoms with Crippen molar-refractivity contribution in [3.63, 3.8) is 0 Å². The van der Waals surface area contributed by atoms with Gasteiger partial charge in [0.1, 0.15) is 6.04 Å². The maximum absolute atomic E-state index is 11.3. The summed E-state index contributed by atoms with van der Waals surface area (Å²) in [6, 6.07) is -0.269. The first-order chi connectivity index (χ1) is 7.68. The average molecular weight is 285 g/mol. The summed E-state index contributed by atoms with van der Waals surface area (Å²) in [4.78, 5) is 21.6. The predicted molar refractivity (Wildman–Crippen MR) is 63.9 cm³/mol. The summed E-state index contributed by atoms with van der Waals surface area (Å²) >= 11 is 3.28. The van der Waals surface area contributed by atoms with E-state index in [1.807, 2.05) is 4.90 Å². The van der Waals surface area contributed by atoms with Crippen LogP contribution in [-0.4, -0.2) is 28.5 Å². The molecule has 5 nitrogen and oxygen atoms in total. The van der Waals surface area contributed by atoms with Crippen LogP contribution >= 0.6 is 15.9 Å². The van der Waals surface area contributed by atoms with Gasteiger partial charge in [-0.3, -0.25) is 4.79 Å². The van der Waals surface area contributed by atoms with Gasteiger partial charge in [-0.1, -0.05) is 0 Å². The Kier molecular flexibility index (Phi) is 3.38. The molecule has 0 spiro atoms. The van der Waals surface area contributed by atoms with Gasteiger partial charge in [-0.2, -0.15) is 0 Å². The van der Waals surface area contributed by atoms with Crippen molar-refractivity contribution < 1.29 is 4.79 Å². The molecular formula is C10H13BrN4O. The highest BCUT2D eigenvalue weighted by Gasteiger charge is 2.28. The fourth-order valence-electron chi connectivity index (χ4n) is 1.92. The van der Waals surface area contributed by atoms with Gasteiger partial charge in [-0.15, -0.1) is 0 Å². The number of carbonyl (C=O) groups is 1. The van der Waals surface area contributed by atoms with Gasteiger partial charge in [0.05, 0.1) is 4.47 Å². The Morgan fingerprint density at radius 2 is 2.12 bits per heavy atom. The van der Waals surface area contributed by atoms with E-state index in [-0.39, 0.29) is 11.9 Å². The van der Waals surface area contributed by atoms with Crippen LogP contribution in [0.15, 0.2) is 16.9 Å². The summed E-state index contributed by atoms with van der Waals surface area (Å²) in [7, 11) is 0. The molecule has 1 fully saturated rings. The minimum absolute atomic E-state index is 0.269. The van der Waals surface area contributed by atoms with E-state index in [1.54, 1.807) is 12.4 Å². The molecule has 16 heavy (non-hydrogen) atoms. The van der Waals surface area contributed by atoms with Crippen LogP contribution in [0, 0.1) is 0 Å². The lowest BCUT2D eigenvalue weighted by Crippen LogP contribution is -2.48. The van der Waals surface area contributed by atoms with Gasteiger partial charge in [-0.25, -0.2) is 9.97 Å². The molecule has 1 aromatic heterocycles. The highest BCUT2D eigenvalue weighted by molar-refractivity contribution is 9.10. The number of amides is 1. The molecule has 1 aliphatic heterocycles. The molecule has 1 aromatic rings. The molecule has 2 rings (SSSR count). The molecule has 1 saturated heterocycles. The van der Waals surface area contributed by atoms with Crippen LogP contribution < -0.4 is 10.6 Å². The summed E-state index contributed by atoms with van der Waals surface area (Å²) in [5.41, 5.74) is 5.38.